The lowest BCUT2D eigenvalue weighted by molar-refractivity contribution is 0.113. The van der Waals surface area contributed by atoms with Gasteiger partial charge in [-0.2, -0.15) is 0 Å². The number of nitrogens with one attached hydrogen (secondary N) is 2. The summed E-state index contributed by atoms with van der Waals surface area (Å²) < 4.78 is 10.5. The Kier molecular flexibility index (Phi) is 8.69. The van der Waals surface area contributed by atoms with Crippen LogP contribution in [0.5, 0.6) is 0 Å². The highest BCUT2D eigenvalue weighted by Gasteiger charge is 2.09. The smallest absolute Gasteiger partial charge is 0.411 e. The molecule has 0 aliphatic rings. The third-order valence-electron chi connectivity index (χ3n) is 3.84. The zero-order chi connectivity index (χ0) is 19.3. The van der Waals surface area contributed by atoms with Crippen LogP contribution in [0.2, 0.25) is 0 Å². The second-order valence-electron chi connectivity index (χ2n) is 6.18. The van der Waals surface area contributed by atoms with Gasteiger partial charge in [0.15, 0.2) is 0 Å². The molecule has 2 rings (SSSR count). The number of anilines is 2. The van der Waals surface area contributed by atoms with Crippen LogP contribution in [-0.4, -0.2) is 24.9 Å². The highest BCUT2D eigenvalue weighted by Crippen LogP contribution is 2.10. The first-order valence-electron chi connectivity index (χ1n) is 9.15. The Labute approximate surface area is 159 Å². The summed E-state index contributed by atoms with van der Waals surface area (Å²) >= 11 is 0. The molecule has 2 aromatic rings. The van der Waals surface area contributed by atoms with E-state index in [1.807, 2.05) is 43.3 Å². The highest BCUT2D eigenvalue weighted by molar-refractivity contribution is 5.85. The van der Waals surface area contributed by atoms with Crippen LogP contribution in [0.15, 0.2) is 60.7 Å². The molecule has 1 atom stereocenters. The number of hydrogen-bond donors (Lipinski definition) is 2. The first kappa shape index (κ1) is 20.3. The van der Waals surface area contributed by atoms with Gasteiger partial charge >= 0.3 is 12.2 Å². The molecule has 0 bridgehead atoms. The standard InChI is InChI=1S/C21H26N2O4/c1-17(27-21(25)23-19-14-8-3-9-15-19)11-5-4-10-16-26-20(24)22-18-12-6-2-7-13-18/h2-3,6-9,12-15,17H,4-5,10-11,16H2,1H3,(H,22,24)(H,23,25)/t17-/m0/s1. The minimum absolute atomic E-state index is 0.170. The fourth-order valence-electron chi connectivity index (χ4n) is 2.46. The van der Waals surface area contributed by atoms with E-state index in [4.69, 9.17) is 9.47 Å². The van der Waals surface area contributed by atoms with Crippen LogP contribution in [0.3, 0.4) is 0 Å². The van der Waals surface area contributed by atoms with Gasteiger partial charge in [-0.3, -0.25) is 10.6 Å². The third-order valence-corrected chi connectivity index (χ3v) is 3.84. The Balaban J connectivity index is 1.49. The zero-order valence-corrected chi connectivity index (χ0v) is 15.5. The maximum atomic E-state index is 11.8. The first-order valence-corrected chi connectivity index (χ1v) is 9.15. The van der Waals surface area contributed by atoms with E-state index in [9.17, 15) is 9.59 Å². The maximum Gasteiger partial charge on any atom is 0.411 e. The molecular formula is C21H26N2O4. The average Bonchev–Trinajstić information content (AvgIpc) is 2.66. The molecule has 2 amide bonds. The molecule has 144 valence electrons. The number of amides is 2. The lowest BCUT2D eigenvalue weighted by Crippen LogP contribution is -2.20. The first-order chi connectivity index (χ1) is 13.1. The molecule has 0 saturated heterocycles. The van der Waals surface area contributed by atoms with Gasteiger partial charge in [0.2, 0.25) is 0 Å². The van der Waals surface area contributed by atoms with Gasteiger partial charge in [0.25, 0.3) is 0 Å². The summed E-state index contributed by atoms with van der Waals surface area (Å²) in [6.45, 7) is 2.23. The van der Waals surface area contributed by atoms with Gasteiger partial charge in [-0.1, -0.05) is 36.4 Å². The van der Waals surface area contributed by atoms with E-state index in [-0.39, 0.29) is 6.10 Å². The quantitative estimate of drug-likeness (QED) is 0.577. The molecule has 2 aromatic carbocycles. The molecule has 2 N–H and O–H groups in total. The molecule has 0 spiro atoms. The zero-order valence-electron chi connectivity index (χ0n) is 15.5. The molecule has 0 saturated carbocycles. The van der Waals surface area contributed by atoms with Gasteiger partial charge in [-0.15, -0.1) is 0 Å². The SMILES string of the molecule is C[C@@H](CCCCCOC(=O)Nc1ccccc1)OC(=O)Nc1ccccc1. The van der Waals surface area contributed by atoms with Gasteiger partial charge < -0.3 is 9.47 Å². The van der Waals surface area contributed by atoms with Crippen molar-refractivity contribution < 1.29 is 19.1 Å². The van der Waals surface area contributed by atoms with E-state index in [0.717, 1.165) is 25.7 Å². The van der Waals surface area contributed by atoms with E-state index >= 15 is 0 Å². The minimum Gasteiger partial charge on any atom is -0.449 e. The van der Waals surface area contributed by atoms with Crippen LogP contribution in [0.1, 0.15) is 32.6 Å². The molecular weight excluding hydrogens is 344 g/mol. The van der Waals surface area contributed by atoms with Crippen molar-refractivity contribution in [3.63, 3.8) is 0 Å². The number of rotatable bonds is 9. The number of carbonyl (C=O) groups is 2. The van der Waals surface area contributed by atoms with Crippen molar-refractivity contribution in [1.82, 2.24) is 0 Å². The third kappa shape index (κ3) is 8.76. The normalized spacial score (nSPS) is 11.3. The van der Waals surface area contributed by atoms with Crippen LogP contribution in [0, 0.1) is 0 Å². The van der Waals surface area contributed by atoms with Crippen molar-refractivity contribution in [2.45, 2.75) is 38.7 Å². The topological polar surface area (TPSA) is 76.7 Å². The molecule has 0 unspecified atom stereocenters. The summed E-state index contributed by atoms with van der Waals surface area (Å²) in [6, 6.07) is 18.4. The molecule has 0 aliphatic heterocycles. The predicted octanol–water partition coefficient (Wildman–Crippen LogP) is 5.43. The second-order valence-corrected chi connectivity index (χ2v) is 6.18. The summed E-state index contributed by atoms with van der Waals surface area (Å²) in [5, 5.41) is 5.36. The van der Waals surface area contributed by atoms with Crippen LogP contribution in [0.25, 0.3) is 0 Å². The van der Waals surface area contributed by atoms with Gasteiger partial charge in [0.05, 0.1) is 6.61 Å². The summed E-state index contributed by atoms with van der Waals surface area (Å²) in [6.07, 6.45) is 2.25. The molecule has 0 aromatic heterocycles. The van der Waals surface area contributed by atoms with Gasteiger partial charge in [-0.05, 0) is 56.9 Å². The Morgan fingerprint density at radius 3 is 1.96 bits per heavy atom. The molecule has 6 heteroatoms. The van der Waals surface area contributed by atoms with Gasteiger partial charge in [-0.25, -0.2) is 9.59 Å². The van der Waals surface area contributed by atoms with Crippen molar-refractivity contribution in [3.05, 3.63) is 60.7 Å². The minimum atomic E-state index is -0.449. The van der Waals surface area contributed by atoms with E-state index in [1.54, 1.807) is 24.3 Å². The van der Waals surface area contributed by atoms with E-state index < -0.39 is 12.2 Å². The summed E-state index contributed by atoms with van der Waals surface area (Å²) in [5.41, 5.74) is 1.42. The monoisotopic (exact) mass is 370 g/mol. The Morgan fingerprint density at radius 2 is 1.37 bits per heavy atom. The number of benzene rings is 2. The van der Waals surface area contributed by atoms with Crippen molar-refractivity contribution in [2.24, 2.45) is 0 Å². The molecule has 27 heavy (non-hydrogen) atoms. The number of unbranched alkanes of at least 4 members (excludes halogenated alkanes) is 2. The highest BCUT2D eigenvalue weighted by atomic mass is 16.6. The van der Waals surface area contributed by atoms with E-state index in [0.29, 0.717) is 18.0 Å². The predicted molar refractivity (Wildman–Crippen MR) is 106 cm³/mol. The Hall–Kier alpha value is -3.02. The average molecular weight is 370 g/mol. The molecule has 0 aliphatic carbocycles. The maximum absolute atomic E-state index is 11.8. The van der Waals surface area contributed by atoms with E-state index in [2.05, 4.69) is 10.6 Å². The molecule has 0 radical (unpaired) electrons. The van der Waals surface area contributed by atoms with E-state index in [1.165, 1.54) is 0 Å². The van der Waals surface area contributed by atoms with Crippen molar-refractivity contribution in [1.29, 1.82) is 0 Å². The molecule has 0 heterocycles. The van der Waals surface area contributed by atoms with Crippen molar-refractivity contribution in [3.8, 4) is 0 Å². The number of ether oxygens (including phenoxy) is 2. The van der Waals surface area contributed by atoms with Crippen LogP contribution in [-0.2, 0) is 9.47 Å². The number of para-hydroxylation sites is 2. The summed E-state index contributed by atoms with van der Waals surface area (Å²) in [4.78, 5) is 23.4. The van der Waals surface area contributed by atoms with Gasteiger partial charge in [0, 0.05) is 11.4 Å². The van der Waals surface area contributed by atoms with Crippen LogP contribution >= 0.6 is 0 Å². The lowest BCUT2D eigenvalue weighted by atomic mass is 10.1. The lowest BCUT2D eigenvalue weighted by Gasteiger charge is -2.14. The molecule has 6 nitrogen and oxygen atoms in total. The van der Waals surface area contributed by atoms with Crippen molar-refractivity contribution >= 4 is 23.6 Å². The number of carbonyl (C=O) groups excluding carboxylic acids is 2. The molecule has 0 fully saturated rings. The summed E-state index contributed by atoms with van der Waals surface area (Å²) in [7, 11) is 0. The Bertz CT molecular complexity index is 692. The fraction of sp³-hybridized carbons (Fsp3) is 0.333. The van der Waals surface area contributed by atoms with Crippen LogP contribution < -0.4 is 10.6 Å². The fourth-order valence-corrected chi connectivity index (χ4v) is 2.46. The number of hydrogen-bond acceptors (Lipinski definition) is 4. The van der Waals surface area contributed by atoms with Gasteiger partial charge in [0.1, 0.15) is 6.10 Å². The summed E-state index contributed by atoms with van der Waals surface area (Å²) in [5.74, 6) is 0. The largest absolute Gasteiger partial charge is 0.449 e. The second kappa shape index (κ2) is 11.6. The van der Waals surface area contributed by atoms with Crippen molar-refractivity contribution in [2.75, 3.05) is 17.2 Å². The van der Waals surface area contributed by atoms with Crippen LogP contribution in [0.4, 0.5) is 21.0 Å². The Morgan fingerprint density at radius 1 is 0.815 bits per heavy atom.